The van der Waals surface area contributed by atoms with Crippen LogP contribution in [0.1, 0.15) is 0 Å². The van der Waals surface area contributed by atoms with Crippen molar-refractivity contribution >= 4 is 140 Å². The van der Waals surface area contributed by atoms with Gasteiger partial charge >= 0.3 is 145 Å². The average Bonchev–Trinajstić information content (AvgIpc) is 1.76. The Bertz CT molecular complexity index is 65.1. The third-order valence-corrected chi connectivity index (χ3v) is 0. The van der Waals surface area contributed by atoms with Crippen LogP contribution >= 0.6 is 0 Å². The molecule has 0 N–H and O–H groups in total. The van der Waals surface area contributed by atoms with Crippen LogP contribution in [0.3, 0.4) is 0 Å². The fourth-order valence-corrected chi connectivity index (χ4v) is 0. The molecule has 0 heterocycles. The average molecular weight is 1250 g/mol. The summed E-state index contributed by atoms with van der Waals surface area (Å²) in [5.74, 6) is 0. The number of hydrogen-bond acceptors (Lipinski definition) is 0. The summed E-state index contributed by atoms with van der Waals surface area (Å²) in [6.45, 7) is 0. The third kappa shape index (κ3) is 311. The summed E-state index contributed by atoms with van der Waals surface area (Å²) in [5.41, 5.74) is 0. The van der Waals surface area contributed by atoms with E-state index in [9.17, 15) is 0 Å². The molecular formula is C12H36Pb4Sb2. The van der Waals surface area contributed by atoms with E-state index in [0.29, 0.717) is 0 Å². The molecule has 110 valence electrons. The Labute approximate surface area is 188 Å². The largest absolute Gasteiger partial charge is 0 e. The van der Waals surface area contributed by atoms with Gasteiger partial charge in [-0.2, -0.15) is 0 Å². The van der Waals surface area contributed by atoms with E-state index in [0.717, 1.165) is 0 Å². The van der Waals surface area contributed by atoms with E-state index in [1.54, 1.807) is 0 Å². The van der Waals surface area contributed by atoms with Crippen LogP contribution in [0.15, 0.2) is 0 Å². The Hall–Kier alpha value is 5.32. The van der Waals surface area contributed by atoms with Gasteiger partial charge in [0.1, 0.15) is 0 Å². The first kappa shape index (κ1) is 38.7. The van der Waals surface area contributed by atoms with Crippen LogP contribution in [-0.4, -0.2) is 140 Å². The molecule has 0 saturated heterocycles. The second-order valence-electron chi connectivity index (χ2n) is 6.00. The Morgan fingerprint density at radius 2 is 0.278 bits per heavy atom. The van der Waals surface area contributed by atoms with Crippen molar-refractivity contribution in [3.8, 4) is 0 Å². The maximum Gasteiger partial charge on any atom is 0 e. The second kappa shape index (κ2) is 33.8. The van der Waals surface area contributed by atoms with E-state index in [1.165, 1.54) is 0 Å². The zero-order chi connectivity index (χ0) is 14.3. The molecule has 0 aliphatic heterocycles. The quantitative estimate of drug-likeness (QED) is 0.309. The molecule has 6 heteroatoms. The Morgan fingerprint density at radius 3 is 0.278 bits per heavy atom. The van der Waals surface area contributed by atoms with Crippen molar-refractivity contribution < 1.29 is 0 Å². The Morgan fingerprint density at radius 1 is 0.278 bits per heavy atom. The summed E-state index contributed by atoms with van der Waals surface area (Å²) in [5, 5.41) is 0. The van der Waals surface area contributed by atoms with Crippen LogP contribution in [0, 0.1) is 0 Å². The molecule has 0 nitrogen and oxygen atoms in total. The first-order chi connectivity index (χ1) is 6.93. The molecule has 18 heavy (non-hydrogen) atoms. The molecule has 0 spiro atoms. The summed E-state index contributed by atoms with van der Waals surface area (Å²) < 4.78 is 28.6. The van der Waals surface area contributed by atoms with E-state index < -0.39 is 90.8 Å². The van der Waals surface area contributed by atoms with Gasteiger partial charge in [-0.15, -0.1) is 0 Å². The Kier molecular flexibility index (Phi) is 72.8. The van der Waals surface area contributed by atoms with Gasteiger partial charge in [0.25, 0.3) is 0 Å². The van der Waals surface area contributed by atoms with Crippen molar-refractivity contribution in [2.24, 2.45) is 0 Å². The van der Waals surface area contributed by atoms with E-state index >= 15 is 0 Å². The van der Waals surface area contributed by atoms with Crippen molar-refractivity contribution in [3.63, 3.8) is 0 Å². The van der Waals surface area contributed by atoms with Crippen LogP contribution in [0.25, 0.3) is 0 Å². The third-order valence-electron chi connectivity index (χ3n) is 0. The second-order valence-corrected chi connectivity index (χ2v) is 52.6. The van der Waals surface area contributed by atoms with Gasteiger partial charge in [0.2, 0.25) is 0 Å². The van der Waals surface area contributed by atoms with Gasteiger partial charge in [0.05, 0.1) is 0 Å². The minimum absolute atomic E-state index is 0. The van der Waals surface area contributed by atoms with Gasteiger partial charge in [-0.25, -0.2) is 0 Å². The topological polar surface area (TPSA) is 0 Å². The van der Waals surface area contributed by atoms with E-state index in [-0.39, 0.29) is 48.9 Å². The number of rotatable bonds is 0. The van der Waals surface area contributed by atoms with Gasteiger partial charge in [0, 0.05) is 48.9 Å². The SMILES string of the molecule is [CH3][Pb]([CH3])[CH3].[CH3][Pb]([CH3])[CH3].[CH3][Pb]([CH3])[CH3].[CH3][Pb]([CH3])[CH3].[Sb].[Sb]. The maximum absolute atomic E-state index is 2.38. The molecule has 0 aromatic heterocycles. The minimum atomic E-state index is -0.657. The minimum Gasteiger partial charge on any atom is 0 e. The smallest absolute Gasteiger partial charge is 0 e. The summed E-state index contributed by atoms with van der Waals surface area (Å²) in [6.07, 6.45) is 0. The van der Waals surface area contributed by atoms with Gasteiger partial charge in [-0.3, -0.25) is 0 Å². The predicted octanol–water partition coefficient (Wildman–Crippen LogP) is 4.72. The summed E-state index contributed by atoms with van der Waals surface area (Å²) in [4.78, 5) is 0. The van der Waals surface area contributed by atoms with Crippen LogP contribution in [0.5, 0.6) is 0 Å². The molecule has 10 radical (unpaired) electrons. The zero-order valence-electron chi connectivity index (χ0n) is 14.9. The first-order valence-corrected chi connectivity index (χ1v) is 52.6. The van der Waals surface area contributed by atoms with Gasteiger partial charge < -0.3 is 0 Å². The molecule has 0 aromatic rings. The van der Waals surface area contributed by atoms with Crippen molar-refractivity contribution in [2.45, 2.75) is 53.8 Å². The standard InChI is InChI=1S/12CH3.4Pb.2Sb/h12*1H3;;;;;;. The summed E-state index contributed by atoms with van der Waals surface area (Å²) in [7, 11) is 0. The molecule has 0 aliphatic carbocycles. The van der Waals surface area contributed by atoms with E-state index in [2.05, 4.69) is 53.8 Å². The molecule has 0 aromatic carbocycles. The van der Waals surface area contributed by atoms with Crippen molar-refractivity contribution in [2.75, 3.05) is 0 Å². The molecule has 0 fully saturated rings. The summed E-state index contributed by atoms with van der Waals surface area (Å²) >= 11 is -2.63. The van der Waals surface area contributed by atoms with Gasteiger partial charge in [0.15, 0.2) is 0 Å². The molecule has 0 atom stereocenters. The summed E-state index contributed by atoms with van der Waals surface area (Å²) in [6, 6.07) is 0. The fraction of sp³-hybridized carbons (Fsp3) is 1.00. The van der Waals surface area contributed by atoms with Crippen LogP contribution in [0.4, 0.5) is 0 Å². The van der Waals surface area contributed by atoms with Gasteiger partial charge in [-0.05, 0) is 0 Å². The molecular weight excluding hydrogens is 1220 g/mol. The monoisotopic (exact) mass is 1250 g/mol. The Balaban J connectivity index is -0.0000000257. The van der Waals surface area contributed by atoms with E-state index in [1.807, 2.05) is 0 Å². The molecule has 0 bridgehead atoms. The van der Waals surface area contributed by atoms with Crippen LogP contribution in [-0.2, 0) is 0 Å². The molecule has 0 amide bonds. The molecule has 0 saturated carbocycles. The molecule has 0 unspecified atom stereocenters. The fourth-order valence-electron chi connectivity index (χ4n) is 0. The zero-order valence-corrected chi connectivity index (χ0v) is 35.5. The van der Waals surface area contributed by atoms with Crippen LogP contribution < -0.4 is 0 Å². The maximum atomic E-state index is 2.38. The number of hydrogen-bond donors (Lipinski definition) is 0. The van der Waals surface area contributed by atoms with Gasteiger partial charge in [-0.1, -0.05) is 0 Å². The van der Waals surface area contributed by atoms with Crippen molar-refractivity contribution in [1.29, 1.82) is 0 Å². The van der Waals surface area contributed by atoms with E-state index in [4.69, 9.17) is 0 Å². The first-order valence-electron chi connectivity index (χ1n) is 6.00. The predicted molar refractivity (Wildman–Crippen MR) is 105 cm³/mol. The molecule has 0 rings (SSSR count). The van der Waals surface area contributed by atoms with Crippen LogP contribution in [0.2, 0.25) is 53.8 Å². The molecule has 0 aliphatic rings. The van der Waals surface area contributed by atoms with Crippen molar-refractivity contribution in [3.05, 3.63) is 0 Å². The van der Waals surface area contributed by atoms with Crippen molar-refractivity contribution in [1.82, 2.24) is 0 Å². The normalized spacial score (nSPS) is 8.00.